The van der Waals surface area contributed by atoms with E-state index in [1.807, 2.05) is 6.92 Å². The first-order valence-corrected chi connectivity index (χ1v) is 6.87. The summed E-state index contributed by atoms with van der Waals surface area (Å²) < 4.78 is 5.64. The summed E-state index contributed by atoms with van der Waals surface area (Å²) in [5.74, 6) is -0.787. The van der Waals surface area contributed by atoms with Crippen molar-refractivity contribution in [2.24, 2.45) is 0 Å². The van der Waals surface area contributed by atoms with Crippen LogP contribution >= 0.6 is 0 Å². The Morgan fingerprint density at radius 1 is 1.18 bits per heavy atom. The monoisotopic (exact) mass is 300 g/mol. The quantitative estimate of drug-likeness (QED) is 0.521. The summed E-state index contributed by atoms with van der Waals surface area (Å²) in [6.07, 6.45) is 3.23. The van der Waals surface area contributed by atoms with Gasteiger partial charge in [-0.25, -0.2) is 4.79 Å². The maximum absolute atomic E-state index is 12.0. The molecule has 0 saturated heterocycles. The summed E-state index contributed by atoms with van der Waals surface area (Å²) in [7, 11) is 0. The van der Waals surface area contributed by atoms with E-state index < -0.39 is 5.97 Å². The van der Waals surface area contributed by atoms with E-state index in [2.05, 4.69) is 5.32 Å². The van der Waals surface area contributed by atoms with E-state index in [0.717, 1.165) is 6.42 Å². The average Bonchev–Trinajstić information content (AvgIpc) is 2.53. The van der Waals surface area contributed by atoms with Crippen molar-refractivity contribution in [2.45, 2.75) is 13.3 Å². The highest BCUT2D eigenvalue weighted by molar-refractivity contribution is 6.04. The Hall–Kier alpha value is -2.89. The second-order valence-electron chi connectivity index (χ2n) is 4.62. The van der Waals surface area contributed by atoms with Gasteiger partial charge in [-0.15, -0.1) is 0 Å². The molecule has 0 fully saturated rings. The van der Waals surface area contributed by atoms with E-state index in [1.165, 1.54) is 24.5 Å². The number of esters is 1. The van der Waals surface area contributed by atoms with Crippen LogP contribution in [0.25, 0.3) is 0 Å². The molecular formula is C16H16N2O4. The van der Waals surface area contributed by atoms with Crippen LogP contribution in [0.4, 0.5) is 5.69 Å². The molecule has 0 atom stereocenters. The second-order valence-corrected chi connectivity index (χ2v) is 4.62. The number of anilines is 1. The van der Waals surface area contributed by atoms with Crippen molar-refractivity contribution in [3.63, 3.8) is 0 Å². The number of amides is 1. The lowest BCUT2D eigenvalue weighted by atomic mass is 10.2. The molecule has 1 heterocycles. The van der Waals surface area contributed by atoms with Crippen LogP contribution in [-0.4, -0.2) is 18.5 Å². The number of rotatable bonds is 5. The fourth-order valence-electron chi connectivity index (χ4n) is 1.77. The summed E-state index contributed by atoms with van der Waals surface area (Å²) in [4.78, 5) is 23.8. The maximum atomic E-state index is 12.0. The fraction of sp³-hybridized carbons (Fsp3) is 0.188. The van der Waals surface area contributed by atoms with Gasteiger partial charge in [0.25, 0.3) is 5.91 Å². The smallest absolute Gasteiger partial charge is 0.338 e. The van der Waals surface area contributed by atoms with Gasteiger partial charge in [-0.05, 0) is 24.6 Å². The molecule has 0 radical (unpaired) electrons. The zero-order valence-electron chi connectivity index (χ0n) is 12.1. The second kappa shape index (κ2) is 7.21. The molecular weight excluding hydrogens is 284 g/mol. The molecule has 1 N–H and O–H groups in total. The summed E-state index contributed by atoms with van der Waals surface area (Å²) in [5, 5.41) is 13.6. The minimum atomic E-state index is -0.426. The van der Waals surface area contributed by atoms with Crippen molar-refractivity contribution in [3.05, 3.63) is 65.1 Å². The van der Waals surface area contributed by atoms with E-state index in [1.54, 1.807) is 24.3 Å². The third kappa shape index (κ3) is 4.05. The number of carbonyl (C=O) groups is 2. The van der Waals surface area contributed by atoms with Crippen molar-refractivity contribution in [2.75, 3.05) is 11.9 Å². The van der Waals surface area contributed by atoms with Gasteiger partial charge in [0.2, 0.25) is 0 Å². The van der Waals surface area contributed by atoms with Crippen LogP contribution in [0.5, 0.6) is 0 Å². The van der Waals surface area contributed by atoms with Crippen LogP contribution in [0, 0.1) is 5.21 Å². The lowest BCUT2D eigenvalue weighted by Crippen LogP contribution is -2.25. The number of pyridine rings is 1. The summed E-state index contributed by atoms with van der Waals surface area (Å²) >= 11 is 0. The third-order valence-corrected chi connectivity index (χ3v) is 2.86. The molecule has 0 spiro atoms. The van der Waals surface area contributed by atoms with Gasteiger partial charge in [-0.1, -0.05) is 13.0 Å². The van der Waals surface area contributed by atoms with Gasteiger partial charge in [0.1, 0.15) is 0 Å². The number of benzene rings is 1. The predicted octanol–water partition coefficient (Wildman–Crippen LogP) is 2.14. The van der Waals surface area contributed by atoms with Gasteiger partial charge in [0, 0.05) is 17.8 Å². The van der Waals surface area contributed by atoms with Crippen LogP contribution in [0.3, 0.4) is 0 Å². The molecule has 2 aromatic rings. The molecule has 2 rings (SSSR count). The fourth-order valence-corrected chi connectivity index (χ4v) is 1.77. The molecule has 0 aliphatic heterocycles. The Morgan fingerprint density at radius 2 is 1.91 bits per heavy atom. The molecule has 1 aromatic carbocycles. The highest BCUT2D eigenvalue weighted by Gasteiger charge is 2.10. The van der Waals surface area contributed by atoms with Crippen molar-refractivity contribution in [1.29, 1.82) is 0 Å². The number of nitrogens with one attached hydrogen (secondary N) is 1. The van der Waals surface area contributed by atoms with Gasteiger partial charge >= 0.3 is 5.97 Å². The zero-order valence-corrected chi connectivity index (χ0v) is 12.1. The van der Waals surface area contributed by atoms with E-state index in [4.69, 9.17) is 4.74 Å². The van der Waals surface area contributed by atoms with Crippen LogP contribution in [0.1, 0.15) is 34.1 Å². The molecule has 0 aliphatic rings. The van der Waals surface area contributed by atoms with Crippen LogP contribution in [0.15, 0.2) is 48.8 Å². The molecule has 0 bridgehead atoms. The Labute approximate surface area is 127 Å². The minimum Gasteiger partial charge on any atom is -0.619 e. The topological polar surface area (TPSA) is 82.3 Å². The molecule has 1 aromatic heterocycles. The largest absolute Gasteiger partial charge is 0.619 e. The minimum absolute atomic E-state index is 0.353. The van der Waals surface area contributed by atoms with Crippen molar-refractivity contribution < 1.29 is 19.1 Å². The van der Waals surface area contributed by atoms with Gasteiger partial charge in [-0.2, -0.15) is 4.73 Å². The maximum Gasteiger partial charge on any atom is 0.338 e. The lowest BCUT2D eigenvalue weighted by Gasteiger charge is -2.07. The van der Waals surface area contributed by atoms with E-state index in [0.29, 0.717) is 28.2 Å². The van der Waals surface area contributed by atoms with Crippen LogP contribution < -0.4 is 10.0 Å². The Morgan fingerprint density at radius 3 is 2.59 bits per heavy atom. The number of ether oxygens (including phenoxy) is 1. The predicted molar refractivity (Wildman–Crippen MR) is 80.4 cm³/mol. The van der Waals surface area contributed by atoms with Crippen molar-refractivity contribution >= 4 is 17.6 Å². The summed E-state index contributed by atoms with van der Waals surface area (Å²) in [5.41, 5.74) is 1.21. The standard InChI is InChI=1S/C16H16N2O4/c1-2-10-22-16(20)13-4-3-5-14(11-13)17-15(19)12-6-8-18(21)9-7-12/h3-9,11H,2,10H2,1H3,(H,17,19). The highest BCUT2D eigenvalue weighted by atomic mass is 16.5. The molecule has 6 heteroatoms. The Balaban J connectivity index is 2.08. The first-order valence-electron chi connectivity index (χ1n) is 6.87. The number of nitrogens with zero attached hydrogens (tertiary/aromatic N) is 1. The normalized spacial score (nSPS) is 10.0. The van der Waals surface area contributed by atoms with Gasteiger partial charge in [-0.3, -0.25) is 4.79 Å². The number of aromatic nitrogens is 1. The first-order chi connectivity index (χ1) is 10.6. The SMILES string of the molecule is CCCOC(=O)c1cccc(NC(=O)c2cc[n+]([O-])cc2)c1. The lowest BCUT2D eigenvalue weighted by molar-refractivity contribution is -0.605. The molecule has 22 heavy (non-hydrogen) atoms. The van der Waals surface area contributed by atoms with Crippen LogP contribution in [0.2, 0.25) is 0 Å². The molecule has 0 unspecified atom stereocenters. The number of hydrogen-bond donors (Lipinski definition) is 1. The Bertz CT molecular complexity index is 668. The van der Waals surface area contributed by atoms with Crippen molar-refractivity contribution in [3.8, 4) is 0 Å². The number of hydrogen-bond acceptors (Lipinski definition) is 4. The van der Waals surface area contributed by atoms with Crippen LogP contribution in [-0.2, 0) is 4.74 Å². The van der Waals surface area contributed by atoms with E-state index in [9.17, 15) is 14.8 Å². The van der Waals surface area contributed by atoms with Gasteiger partial charge in [0.15, 0.2) is 12.4 Å². The average molecular weight is 300 g/mol. The third-order valence-electron chi connectivity index (χ3n) is 2.86. The summed E-state index contributed by atoms with van der Waals surface area (Å²) in [6, 6.07) is 9.34. The van der Waals surface area contributed by atoms with Crippen molar-refractivity contribution in [1.82, 2.24) is 0 Å². The molecule has 114 valence electrons. The van der Waals surface area contributed by atoms with E-state index in [-0.39, 0.29) is 5.91 Å². The molecule has 0 aliphatic carbocycles. The molecule has 0 saturated carbocycles. The molecule has 6 nitrogen and oxygen atoms in total. The zero-order chi connectivity index (χ0) is 15.9. The van der Waals surface area contributed by atoms with Gasteiger partial charge < -0.3 is 15.3 Å². The van der Waals surface area contributed by atoms with E-state index >= 15 is 0 Å². The Kier molecular flexibility index (Phi) is 5.08. The number of carbonyl (C=O) groups excluding carboxylic acids is 2. The summed E-state index contributed by atoms with van der Waals surface area (Å²) in [6.45, 7) is 2.27. The highest BCUT2D eigenvalue weighted by Crippen LogP contribution is 2.13. The first kappa shape index (κ1) is 15.5. The van der Waals surface area contributed by atoms with Gasteiger partial charge in [0.05, 0.1) is 17.7 Å². The molecule has 1 amide bonds.